The topological polar surface area (TPSA) is 99.1 Å². The molecule has 0 rings (SSSR count). The Labute approximate surface area is 138 Å². The number of aliphatic carboxylic acids is 1. The number of esters is 2. The number of rotatable bonds is 7. The molecule has 7 nitrogen and oxygen atoms in total. The third-order valence-corrected chi connectivity index (χ3v) is 8.43. The fourth-order valence-electron chi connectivity index (χ4n) is 1.31. The summed E-state index contributed by atoms with van der Waals surface area (Å²) in [6.07, 6.45) is -3.32. The highest BCUT2D eigenvalue weighted by Crippen LogP contribution is 2.37. The van der Waals surface area contributed by atoms with Crippen molar-refractivity contribution in [2.45, 2.75) is 78.0 Å². The summed E-state index contributed by atoms with van der Waals surface area (Å²) in [7, 11) is -2.14. The van der Waals surface area contributed by atoms with Gasteiger partial charge in [0, 0.05) is 0 Å². The molecule has 0 saturated heterocycles. The lowest BCUT2D eigenvalue weighted by molar-refractivity contribution is -0.177. The maximum atomic E-state index is 12.0. The minimum Gasteiger partial charge on any atom is -0.479 e. The third-order valence-electron chi connectivity index (χ3n) is 3.88. The smallest absolute Gasteiger partial charge is 0.347 e. The average Bonchev–Trinajstić information content (AvgIpc) is 2.36. The first-order valence-corrected chi connectivity index (χ1v) is 10.4. The first kappa shape index (κ1) is 21.6. The molecule has 8 heteroatoms. The van der Waals surface area contributed by atoms with E-state index in [4.69, 9.17) is 14.3 Å². The molecule has 0 fully saturated rings. The number of carbonyl (C=O) groups excluding carboxylic acids is 2. The van der Waals surface area contributed by atoms with Crippen LogP contribution in [0.3, 0.4) is 0 Å². The Balaban J connectivity index is 4.63. The Hall–Kier alpha value is -1.41. The van der Waals surface area contributed by atoms with Crippen molar-refractivity contribution in [1.82, 2.24) is 0 Å². The van der Waals surface area contributed by atoms with Crippen LogP contribution >= 0.6 is 0 Å². The normalized spacial score (nSPS) is 16.2. The SMILES string of the molecule is C[C@H](OC(=O)[C@H](C)OC(=O)[C@H](C)O[Si](C)(C)C(C)(C)C)C(=O)O. The number of carbonyl (C=O) groups is 3. The van der Waals surface area contributed by atoms with Crippen molar-refractivity contribution < 1.29 is 33.4 Å². The van der Waals surface area contributed by atoms with E-state index in [1.165, 1.54) is 13.8 Å². The highest BCUT2D eigenvalue weighted by molar-refractivity contribution is 6.74. The summed E-state index contributed by atoms with van der Waals surface area (Å²) in [5, 5.41) is 8.62. The van der Waals surface area contributed by atoms with Crippen LogP contribution in [0.1, 0.15) is 41.5 Å². The molecule has 0 aliphatic rings. The van der Waals surface area contributed by atoms with Gasteiger partial charge in [0.2, 0.25) is 0 Å². The van der Waals surface area contributed by atoms with Gasteiger partial charge < -0.3 is 19.0 Å². The van der Waals surface area contributed by atoms with Crippen molar-refractivity contribution in [2.75, 3.05) is 0 Å². The number of carboxylic acid groups (broad SMARTS) is 1. The third kappa shape index (κ3) is 6.70. The van der Waals surface area contributed by atoms with Crippen LogP contribution in [0.2, 0.25) is 18.1 Å². The van der Waals surface area contributed by atoms with Gasteiger partial charge in [-0.15, -0.1) is 0 Å². The van der Waals surface area contributed by atoms with E-state index in [2.05, 4.69) is 4.74 Å². The summed E-state index contributed by atoms with van der Waals surface area (Å²) in [6.45, 7) is 14.3. The molecule has 0 spiro atoms. The zero-order valence-corrected chi connectivity index (χ0v) is 16.1. The second-order valence-corrected chi connectivity index (χ2v) is 11.8. The van der Waals surface area contributed by atoms with Crippen molar-refractivity contribution in [1.29, 1.82) is 0 Å². The summed E-state index contributed by atoms with van der Waals surface area (Å²) in [4.78, 5) is 34.3. The lowest BCUT2D eigenvalue weighted by Gasteiger charge is -2.37. The van der Waals surface area contributed by atoms with E-state index in [-0.39, 0.29) is 5.04 Å². The monoisotopic (exact) mass is 348 g/mol. The van der Waals surface area contributed by atoms with Crippen LogP contribution in [0, 0.1) is 0 Å². The minimum absolute atomic E-state index is 0.0665. The number of carboxylic acids is 1. The zero-order chi connectivity index (χ0) is 18.6. The van der Waals surface area contributed by atoms with Crippen LogP contribution < -0.4 is 0 Å². The molecule has 0 heterocycles. The first-order chi connectivity index (χ1) is 10.2. The standard InChI is InChI=1S/C15H28O7Si/c1-9(12(16)17)20-13(18)10(2)21-14(19)11(3)22-23(7,8)15(4,5)6/h9-11H,1-8H3,(H,16,17)/t9-,10-,11-/m0/s1. The number of hydrogen-bond acceptors (Lipinski definition) is 6. The van der Waals surface area contributed by atoms with E-state index < -0.39 is 44.5 Å². The molecule has 0 aliphatic heterocycles. The maximum absolute atomic E-state index is 12.0. The van der Waals surface area contributed by atoms with Crippen molar-refractivity contribution in [3.05, 3.63) is 0 Å². The van der Waals surface area contributed by atoms with E-state index in [9.17, 15) is 14.4 Å². The Morgan fingerprint density at radius 1 is 0.870 bits per heavy atom. The molecular weight excluding hydrogens is 320 g/mol. The van der Waals surface area contributed by atoms with E-state index >= 15 is 0 Å². The quantitative estimate of drug-likeness (QED) is 0.557. The summed E-state index contributed by atoms with van der Waals surface area (Å²) in [5.74, 6) is -2.86. The zero-order valence-electron chi connectivity index (χ0n) is 15.1. The molecular formula is C15H28O7Si. The van der Waals surface area contributed by atoms with Crippen molar-refractivity contribution in [3.63, 3.8) is 0 Å². The van der Waals surface area contributed by atoms with Crippen LogP contribution in [0.25, 0.3) is 0 Å². The lowest BCUT2D eigenvalue weighted by Crippen LogP contribution is -2.46. The van der Waals surface area contributed by atoms with E-state index in [0.717, 1.165) is 0 Å². The maximum Gasteiger partial charge on any atom is 0.347 e. The summed E-state index contributed by atoms with van der Waals surface area (Å²) < 4.78 is 15.5. The highest BCUT2D eigenvalue weighted by atomic mass is 28.4. The second kappa shape index (κ2) is 7.92. The van der Waals surface area contributed by atoms with E-state index in [0.29, 0.717) is 0 Å². The predicted octanol–water partition coefficient (Wildman–Crippen LogP) is 2.34. The molecule has 0 bridgehead atoms. The van der Waals surface area contributed by atoms with Crippen molar-refractivity contribution >= 4 is 26.2 Å². The van der Waals surface area contributed by atoms with Gasteiger partial charge in [0.05, 0.1) is 0 Å². The highest BCUT2D eigenvalue weighted by Gasteiger charge is 2.40. The molecule has 0 radical (unpaired) electrons. The lowest BCUT2D eigenvalue weighted by atomic mass is 10.2. The summed E-state index contributed by atoms with van der Waals surface area (Å²) >= 11 is 0. The fourth-order valence-corrected chi connectivity index (χ4v) is 2.64. The van der Waals surface area contributed by atoms with Gasteiger partial charge in [-0.25, -0.2) is 14.4 Å². The average molecular weight is 348 g/mol. The van der Waals surface area contributed by atoms with Gasteiger partial charge in [-0.3, -0.25) is 0 Å². The van der Waals surface area contributed by atoms with Crippen molar-refractivity contribution in [3.8, 4) is 0 Å². The minimum atomic E-state index is -2.14. The van der Waals surface area contributed by atoms with E-state index in [1.807, 2.05) is 33.9 Å². The van der Waals surface area contributed by atoms with Crippen LogP contribution in [-0.2, 0) is 28.3 Å². The van der Waals surface area contributed by atoms with Crippen LogP contribution in [0.5, 0.6) is 0 Å². The summed E-state index contributed by atoms with van der Waals surface area (Å²) in [5.41, 5.74) is 0. The number of ether oxygens (including phenoxy) is 2. The molecule has 0 saturated carbocycles. The number of hydrogen-bond donors (Lipinski definition) is 1. The van der Waals surface area contributed by atoms with Crippen molar-refractivity contribution in [2.24, 2.45) is 0 Å². The molecule has 0 unspecified atom stereocenters. The molecule has 134 valence electrons. The molecule has 1 N–H and O–H groups in total. The Morgan fingerprint density at radius 2 is 1.26 bits per heavy atom. The largest absolute Gasteiger partial charge is 0.479 e. The van der Waals surface area contributed by atoms with E-state index in [1.54, 1.807) is 6.92 Å². The molecule has 0 aromatic rings. The summed E-state index contributed by atoms with van der Waals surface area (Å²) in [6, 6.07) is 0. The van der Waals surface area contributed by atoms with Gasteiger partial charge in [0.25, 0.3) is 0 Å². The fraction of sp³-hybridized carbons (Fsp3) is 0.800. The van der Waals surface area contributed by atoms with Gasteiger partial charge in [-0.05, 0) is 38.9 Å². The van der Waals surface area contributed by atoms with Gasteiger partial charge in [-0.2, -0.15) is 0 Å². The van der Waals surface area contributed by atoms with Crippen LogP contribution in [0.4, 0.5) is 0 Å². The Bertz CT molecular complexity index is 453. The Kier molecular flexibility index (Phi) is 7.43. The molecule has 0 aromatic heterocycles. The molecule has 0 aliphatic carbocycles. The van der Waals surface area contributed by atoms with Gasteiger partial charge >= 0.3 is 17.9 Å². The van der Waals surface area contributed by atoms with Crippen LogP contribution in [0.15, 0.2) is 0 Å². The Morgan fingerprint density at radius 3 is 1.65 bits per heavy atom. The predicted molar refractivity (Wildman–Crippen MR) is 86.5 cm³/mol. The molecule has 23 heavy (non-hydrogen) atoms. The second-order valence-electron chi connectivity index (χ2n) is 7.02. The molecule has 0 aromatic carbocycles. The van der Waals surface area contributed by atoms with Gasteiger partial charge in [0.1, 0.15) is 6.10 Å². The van der Waals surface area contributed by atoms with Crippen LogP contribution in [-0.4, -0.2) is 49.6 Å². The first-order valence-electron chi connectivity index (χ1n) is 7.50. The van der Waals surface area contributed by atoms with Gasteiger partial charge in [-0.1, -0.05) is 20.8 Å². The molecule has 3 atom stereocenters. The van der Waals surface area contributed by atoms with Gasteiger partial charge in [0.15, 0.2) is 20.5 Å². The molecule has 0 amide bonds.